The van der Waals surface area contributed by atoms with E-state index >= 15 is 0 Å². The molecule has 0 aliphatic carbocycles. The van der Waals surface area contributed by atoms with Gasteiger partial charge in [-0.1, -0.05) is 0 Å². The minimum Gasteiger partial charge on any atom is -0.496 e. The zero-order chi connectivity index (χ0) is 19.6. The van der Waals surface area contributed by atoms with E-state index in [0.717, 1.165) is 34.4 Å². The molecule has 0 unspecified atom stereocenters. The van der Waals surface area contributed by atoms with Crippen molar-refractivity contribution < 1.29 is 14.3 Å². The van der Waals surface area contributed by atoms with Gasteiger partial charge in [-0.15, -0.1) is 0 Å². The van der Waals surface area contributed by atoms with Crippen molar-refractivity contribution in [2.24, 2.45) is 0 Å². The number of ether oxygens (including phenoxy) is 1. The van der Waals surface area contributed by atoms with Gasteiger partial charge in [-0.05, 0) is 56.0 Å². The summed E-state index contributed by atoms with van der Waals surface area (Å²) in [5.74, 6) is 0.873. The fourth-order valence-electron chi connectivity index (χ4n) is 3.73. The van der Waals surface area contributed by atoms with Crippen LogP contribution in [0.3, 0.4) is 0 Å². The number of H-pyrrole nitrogens is 1. The molecule has 0 saturated carbocycles. The number of hydrogen-bond acceptors (Lipinski definition) is 3. The van der Waals surface area contributed by atoms with Gasteiger partial charge in [-0.3, -0.25) is 9.59 Å². The number of hydrogen-bond donors (Lipinski definition) is 1. The van der Waals surface area contributed by atoms with Crippen LogP contribution in [0.4, 0.5) is 0 Å². The summed E-state index contributed by atoms with van der Waals surface area (Å²) in [7, 11) is 1.65. The lowest BCUT2D eigenvalue weighted by Gasteiger charge is -2.24. The van der Waals surface area contributed by atoms with E-state index in [1.807, 2.05) is 36.6 Å². The van der Waals surface area contributed by atoms with E-state index in [-0.39, 0.29) is 11.8 Å². The summed E-state index contributed by atoms with van der Waals surface area (Å²) in [5.41, 5.74) is 4.29. The number of nitrogens with one attached hydrogen (secondary N) is 1. The highest BCUT2D eigenvalue weighted by Gasteiger charge is 2.25. The molecular formula is C21H27N3O3. The van der Waals surface area contributed by atoms with Crippen LogP contribution in [0.25, 0.3) is 0 Å². The molecule has 6 nitrogen and oxygen atoms in total. The predicted molar refractivity (Wildman–Crippen MR) is 104 cm³/mol. The number of benzene rings is 1. The highest BCUT2D eigenvalue weighted by atomic mass is 16.5. The molecule has 2 aromatic rings. The molecule has 1 aromatic heterocycles. The van der Waals surface area contributed by atoms with Crippen molar-refractivity contribution in [1.82, 2.24) is 14.8 Å². The minimum absolute atomic E-state index is 0.0119. The third-order valence-electron chi connectivity index (χ3n) is 5.38. The summed E-state index contributed by atoms with van der Waals surface area (Å²) in [6.45, 7) is 8.30. The van der Waals surface area contributed by atoms with Crippen LogP contribution in [0.5, 0.6) is 5.75 Å². The molecule has 1 N–H and O–H groups in total. The van der Waals surface area contributed by atoms with E-state index < -0.39 is 0 Å². The second-order valence-corrected chi connectivity index (χ2v) is 7.06. The molecule has 1 saturated heterocycles. The van der Waals surface area contributed by atoms with E-state index in [0.29, 0.717) is 31.7 Å². The average molecular weight is 369 g/mol. The summed E-state index contributed by atoms with van der Waals surface area (Å²) >= 11 is 0. The molecule has 144 valence electrons. The number of aromatic amines is 1. The Kier molecular flexibility index (Phi) is 5.54. The standard InChI is InChI=1S/C21H27N3O3/c1-14-12-18(15(2)16(3)19(14)27-4)21(26)24-9-5-8-23(10-11-24)20(25)17-6-7-22-13-17/h6-7,12-13,22H,5,8-11H2,1-4H3. The Morgan fingerprint density at radius 2 is 1.67 bits per heavy atom. The van der Waals surface area contributed by atoms with Crippen molar-refractivity contribution in [3.05, 3.63) is 52.3 Å². The van der Waals surface area contributed by atoms with Gasteiger partial charge >= 0.3 is 0 Å². The van der Waals surface area contributed by atoms with Gasteiger partial charge in [0, 0.05) is 44.1 Å². The maximum atomic E-state index is 13.2. The fourth-order valence-corrected chi connectivity index (χ4v) is 3.73. The largest absolute Gasteiger partial charge is 0.496 e. The Balaban J connectivity index is 1.76. The quantitative estimate of drug-likeness (QED) is 0.905. The van der Waals surface area contributed by atoms with Gasteiger partial charge in [0.15, 0.2) is 0 Å². The van der Waals surface area contributed by atoms with Gasteiger partial charge in [0.05, 0.1) is 12.7 Å². The van der Waals surface area contributed by atoms with Gasteiger partial charge in [0.2, 0.25) is 0 Å². The smallest absolute Gasteiger partial charge is 0.255 e. The van der Waals surface area contributed by atoms with Crippen LogP contribution < -0.4 is 4.74 Å². The Morgan fingerprint density at radius 1 is 1.00 bits per heavy atom. The van der Waals surface area contributed by atoms with Crippen LogP contribution in [-0.2, 0) is 0 Å². The molecule has 1 aliphatic rings. The lowest BCUT2D eigenvalue weighted by molar-refractivity contribution is 0.0718. The maximum Gasteiger partial charge on any atom is 0.255 e. The number of nitrogens with zero attached hydrogens (tertiary/aromatic N) is 2. The SMILES string of the molecule is COc1c(C)cc(C(=O)N2CCCN(C(=O)c3cc[nH]c3)CC2)c(C)c1C. The Morgan fingerprint density at radius 3 is 2.26 bits per heavy atom. The highest BCUT2D eigenvalue weighted by Crippen LogP contribution is 2.29. The van der Waals surface area contributed by atoms with Crippen LogP contribution in [0.1, 0.15) is 43.8 Å². The first-order valence-electron chi connectivity index (χ1n) is 9.30. The number of aryl methyl sites for hydroxylation is 1. The van der Waals surface area contributed by atoms with Gasteiger partial charge in [-0.2, -0.15) is 0 Å². The number of rotatable bonds is 3. The molecule has 1 aromatic carbocycles. The van der Waals surface area contributed by atoms with Crippen LogP contribution in [0, 0.1) is 20.8 Å². The summed E-state index contributed by atoms with van der Waals surface area (Å²) < 4.78 is 5.46. The van der Waals surface area contributed by atoms with Gasteiger partial charge in [0.1, 0.15) is 5.75 Å². The number of amides is 2. The molecule has 6 heteroatoms. The fraction of sp³-hybridized carbons (Fsp3) is 0.429. The van der Waals surface area contributed by atoms with Crippen molar-refractivity contribution in [3.8, 4) is 5.75 Å². The second kappa shape index (κ2) is 7.86. The van der Waals surface area contributed by atoms with E-state index in [4.69, 9.17) is 4.74 Å². The lowest BCUT2D eigenvalue weighted by atomic mass is 9.97. The molecule has 0 spiro atoms. The third-order valence-corrected chi connectivity index (χ3v) is 5.38. The second-order valence-electron chi connectivity index (χ2n) is 7.06. The minimum atomic E-state index is 0.0119. The number of methoxy groups -OCH3 is 1. The van der Waals surface area contributed by atoms with E-state index in [1.54, 1.807) is 25.6 Å². The van der Waals surface area contributed by atoms with Gasteiger partial charge in [0.25, 0.3) is 11.8 Å². The van der Waals surface area contributed by atoms with Crippen molar-refractivity contribution >= 4 is 11.8 Å². The molecule has 0 atom stereocenters. The first-order valence-corrected chi connectivity index (χ1v) is 9.30. The van der Waals surface area contributed by atoms with Crippen molar-refractivity contribution in [2.75, 3.05) is 33.3 Å². The molecule has 3 rings (SSSR count). The summed E-state index contributed by atoms with van der Waals surface area (Å²) in [6, 6.07) is 3.69. The lowest BCUT2D eigenvalue weighted by Crippen LogP contribution is -2.37. The molecule has 0 bridgehead atoms. The monoisotopic (exact) mass is 369 g/mol. The first-order chi connectivity index (χ1) is 12.9. The van der Waals surface area contributed by atoms with Crippen LogP contribution in [0.2, 0.25) is 0 Å². The van der Waals surface area contributed by atoms with Gasteiger partial charge < -0.3 is 19.5 Å². The molecule has 2 heterocycles. The van der Waals surface area contributed by atoms with E-state index in [2.05, 4.69) is 4.98 Å². The molecule has 1 fully saturated rings. The Hall–Kier alpha value is -2.76. The first kappa shape index (κ1) is 19.0. The van der Waals surface area contributed by atoms with Crippen LogP contribution in [-0.4, -0.2) is 59.9 Å². The topological polar surface area (TPSA) is 65.6 Å². The molecule has 0 radical (unpaired) electrons. The van der Waals surface area contributed by atoms with Crippen molar-refractivity contribution in [2.45, 2.75) is 27.2 Å². The summed E-state index contributed by atoms with van der Waals surface area (Å²) in [4.78, 5) is 32.3. The number of carbonyl (C=O) groups is 2. The maximum absolute atomic E-state index is 13.2. The molecular weight excluding hydrogens is 342 g/mol. The van der Waals surface area contributed by atoms with E-state index in [9.17, 15) is 9.59 Å². The molecule has 27 heavy (non-hydrogen) atoms. The number of aromatic nitrogens is 1. The van der Waals surface area contributed by atoms with Crippen LogP contribution >= 0.6 is 0 Å². The van der Waals surface area contributed by atoms with Crippen molar-refractivity contribution in [3.63, 3.8) is 0 Å². The van der Waals surface area contributed by atoms with Gasteiger partial charge in [-0.25, -0.2) is 0 Å². The summed E-state index contributed by atoms with van der Waals surface area (Å²) in [6.07, 6.45) is 4.23. The summed E-state index contributed by atoms with van der Waals surface area (Å²) in [5, 5.41) is 0. The zero-order valence-electron chi connectivity index (χ0n) is 16.5. The third kappa shape index (κ3) is 3.70. The zero-order valence-corrected chi connectivity index (χ0v) is 16.5. The highest BCUT2D eigenvalue weighted by molar-refractivity contribution is 5.97. The normalized spacial score (nSPS) is 14.8. The average Bonchev–Trinajstić information content (AvgIpc) is 3.08. The van der Waals surface area contributed by atoms with Crippen molar-refractivity contribution in [1.29, 1.82) is 0 Å². The number of carbonyl (C=O) groups excluding carboxylic acids is 2. The van der Waals surface area contributed by atoms with Crippen LogP contribution in [0.15, 0.2) is 24.5 Å². The van der Waals surface area contributed by atoms with E-state index in [1.165, 1.54) is 0 Å². The predicted octanol–water partition coefficient (Wildman–Crippen LogP) is 2.94. The molecule has 2 amide bonds. The molecule has 1 aliphatic heterocycles. The Labute approximate surface area is 160 Å². The Bertz CT molecular complexity index is 843.